The second kappa shape index (κ2) is 9.22. The average Bonchev–Trinajstić information content (AvgIpc) is 2.54. The summed E-state index contributed by atoms with van der Waals surface area (Å²) in [5.41, 5.74) is 6.09. The Labute approximate surface area is 162 Å². The average molecular weight is 399 g/mol. The van der Waals surface area contributed by atoms with Crippen molar-refractivity contribution in [2.24, 2.45) is 5.73 Å². The van der Waals surface area contributed by atoms with Crippen LogP contribution >= 0.6 is 11.6 Å². The van der Waals surface area contributed by atoms with Crippen molar-refractivity contribution in [2.45, 2.75) is 34.6 Å². The summed E-state index contributed by atoms with van der Waals surface area (Å²) in [7, 11) is 0. The molecule has 1 aromatic carbocycles. The highest BCUT2D eigenvalue weighted by Crippen LogP contribution is 2.44. The van der Waals surface area contributed by atoms with Crippen LogP contribution in [0.2, 0.25) is 5.02 Å². The molecule has 2 amide bonds. The zero-order valence-electron chi connectivity index (χ0n) is 15.9. The summed E-state index contributed by atoms with van der Waals surface area (Å²) in [5.74, 6) is -2.23. The molecule has 1 rings (SSSR count). The lowest BCUT2D eigenvalue weighted by atomic mass is 10.1. The van der Waals surface area contributed by atoms with Crippen molar-refractivity contribution in [3.63, 3.8) is 0 Å². The van der Waals surface area contributed by atoms with Crippen LogP contribution in [0.4, 0.5) is 10.5 Å². The Bertz CT molecular complexity index is 777. The predicted molar refractivity (Wildman–Crippen MR) is 102 cm³/mol. The number of anilines is 1. The number of aryl methyl sites for hydroxylation is 1. The van der Waals surface area contributed by atoms with Gasteiger partial charge in [0.05, 0.1) is 5.69 Å². The number of nitrogens with two attached hydrogens (primary N) is 1. The molecule has 0 spiro atoms. The summed E-state index contributed by atoms with van der Waals surface area (Å²) < 4.78 is 10.1. The first-order valence-electron chi connectivity index (χ1n) is 8.17. The lowest BCUT2D eigenvalue weighted by Crippen LogP contribution is -2.49. The van der Waals surface area contributed by atoms with Crippen molar-refractivity contribution in [3.05, 3.63) is 16.7 Å². The van der Waals surface area contributed by atoms with Gasteiger partial charge < -0.3 is 20.1 Å². The van der Waals surface area contributed by atoms with Crippen LogP contribution in [0.5, 0.6) is 11.5 Å². The van der Waals surface area contributed by atoms with E-state index in [0.29, 0.717) is 18.7 Å². The number of amides is 2. The second-order valence-corrected chi connectivity index (χ2v) is 5.92. The number of hydrogen-bond acceptors (Lipinski definition) is 6. The fourth-order valence-corrected chi connectivity index (χ4v) is 2.78. The van der Waals surface area contributed by atoms with E-state index in [1.54, 1.807) is 20.8 Å². The lowest BCUT2D eigenvalue weighted by molar-refractivity contribution is -0.134. The monoisotopic (exact) mass is 398 g/mol. The number of carbonyl (C=O) groups excluding carboxylic acids is 3. The molecule has 0 aliphatic heterocycles. The molecule has 1 aromatic rings. The minimum absolute atomic E-state index is 0.0632. The van der Waals surface area contributed by atoms with Crippen LogP contribution in [0, 0.1) is 12.3 Å². The molecule has 0 radical (unpaired) electrons. The number of carbonyl (C=O) groups is 3. The van der Waals surface area contributed by atoms with Crippen molar-refractivity contribution in [3.8, 4) is 11.5 Å². The van der Waals surface area contributed by atoms with E-state index in [2.05, 4.69) is 0 Å². The van der Waals surface area contributed by atoms with E-state index in [1.165, 1.54) is 17.9 Å². The van der Waals surface area contributed by atoms with Gasteiger partial charge >= 0.3 is 18.0 Å². The summed E-state index contributed by atoms with van der Waals surface area (Å²) in [6, 6.07) is 0.818. The number of nitrogens with zero attached hydrogens (tertiary/aromatic N) is 2. The number of benzene rings is 1. The fraction of sp³-hybridized carbons (Fsp3) is 0.412. The number of urea groups is 1. The number of ether oxygens (including phenoxy) is 2. The largest absolute Gasteiger partial charge is 0.423 e. The van der Waals surface area contributed by atoms with Crippen LogP contribution in [-0.4, -0.2) is 41.9 Å². The third kappa shape index (κ3) is 5.10. The van der Waals surface area contributed by atoms with E-state index in [-0.39, 0.29) is 22.2 Å². The van der Waals surface area contributed by atoms with Crippen molar-refractivity contribution >= 4 is 41.2 Å². The number of esters is 2. The summed E-state index contributed by atoms with van der Waals surface area (Å²) in [5, 5.41) is 7.66. The number of guanidine groups is 1. The van der Waals surface area contributed by atoms with Crippen LogP contribution in [-0.2, 0) is 9.59 Å². The van der Waals surface area contributed by atoms with E-state index < -0.39 is 23.9 Å². The maximum Gasteiger partial charge on any atom is 0.331 e. The van der Waals surface area contributed by atoms with Gasteiger partial charge in [-0.1, -0.05) is 11.6 Å². The predicted octanol–water partition coefficient (Wildman–Crippen LogP) is 2.66. The Hall–Kier alpha value is -2.81. The second-order valence-electron chi connectivity index (χ2n) is 5.55. The van der Waals surface area contributed by atoms with Gasteiger partial charge in [-0.25, -0.2) is 9.69 Å². The summed E-state index contributed by atoms with van der Waals surface area (Å²) in [6.07, 6.45) is 0. The van der Waals surface area contributed by atoms with Gasteiger partial charge in [0.2, 0.25) is 5.96 Å². The third-order valence-corrected chi connectivity index (χ3v) is 3.89. The van der Waals surface area contributed by atoms with Crippen LogP contribution in [0.25, 0.3) is 0 Å². The van der Waals surface area contributed by atoms with E-state index in [9.17, 15) is 14.4 Å². The highest BCUT2D eigenvalue weighted by Gasteiger charge is 2.30. The van der Waals surface area contributed by atoms with Gasteiger partial charge in [-0.3, -0.25) is 15.0 Å². The van der Waals surface area contributed by atoms with E-state index in [0.717, 1.165) is 11.8 Å². The highest BCUT2D eigenvalue weighted by molar-refractivity contribution is 6.37. The SMILES string of the molecule is CCN(CC)C(=O)N(C(=N)N)c1c(C)cc(OC(C)=O)c(OC(C)=O)c1Cl. The molecule has 0 saturated heterocycles. The normalized spacial score (nSPS) is 10.1. The van der Waals surface area contributed by atoms with Gasteiger partial charge in [0, 0.05) is 26.9 Å². The number of nitrogens with one attached hydrogen (secondary N) is 1. The molecule has 3 N–H and O–H groups in total. The molecule has 148 valence electrons. The van der Waals surface area contributed by atoms with Crippen molar-refractivity contribution in [2.75, 3.05) is 18.0 Å². The lowest BCUT2D eigenvalue weighted by Gasteiger charge is -2.30. The van der Waals surface area contributed by atoms with Crippen LogP contribution in [0.3, 0.4) is 0 Å². The van der Waals surface area contributed by atoms with Gasteiger partial charge in [-0.05, 0) is 32.4 Å². The maximum atomic E-state index is 12.8. The maximum absolute atomic E-state index is 12.8. The molecule has 0 aliphatic carbocycles. The Kier molecular flexibility index (Phi) is 7.59. The molecule has 0 fully saturated rings. The molecule has 27 heavy (non-hydrogen) atoms. The quantitative estimate of drug-likeness (QED) is 0.340. The molecular weight excluding hydrogens is 376 g/mol. The van der Waals surface area contributed by atoms with Gasteiger partial charge in [0.15, 0.2) is 11.5 Å². The Balaban J connectivity index is 3.69. The molecule has 0 unspecified atom stereocenters. The van der Waals surface area contributed by atoms with Crippen molar-refractivity contribution in [1.82, 2.24) is 4.90 Å². The highest BCUT2D eigenvalue weighted by atomic mass is 35.5. The molecule has 0 atom stereocenters. The first-order valence-corrected chi connectivity index (χ1v) is 8.55. The Morgan fingerprint density at radius 2 is 1.67 bits per heavy atom. The van der Waals surface area contributed by atoms with Crippen LogP contribution in [0.1, 0.15) is 33.3 Å². The Morgan fingerprint density at radius 1 is 1.15 bits per heavy atom. The minimum atomic E-state index is -0.704. The topological polar surface area (TPSA) is 126 Å². The molecule has 9 nitrogen and oxygen atoms in total. The molecule has 0 aromatic heterocycles. The van der Waals surface area contributed by atoms with Gasteiger partial charge in [-0.15, -0.1) is 0 Å². The summed E-state index contributed by atoms with van der Waals surface area (Å²) in [6.45, 7) is 8.26. The smallest absolute Gasteiger partial charge is 0.331 e. The van der Waals surface area contributed by atoms with E-state index in [1.807, 2.05) is 0 Å². The number of hydrogen-bond donors (Lipinski definition) is 2. The van der Waals surface area contributed by atoms with Gasteiger partial charge in [-0.2, -0.15) is 0 Å². The van der Waals surface area contributed by atoms with E-state index in [4.69, 9.17) is 32.2 Å². The Morgan fingerprint density at radius 3 is 2.07 bits per heavy atom. The number of rotatable bonds is 5. The molecular formula is C17H23ClN4O5. The minimum Gasteiger partial charge on any atom is -0.423 e. The zero-order chi connectivity index (χ0) is 20.9. The van der Waals surface area contributed by atoms with Gasteiger partial charge in [0.25, 0.3) is 0 Å². The molecule has 0 heterocycles. The van der Waals surface area contributed by atoms with Crippen LogP contribution < -0.4 is 20.1 Å². The molecule has 0 bridgehead atoms. The van der Waals surface area contributed by atoms with Crippen LogP contribution in [0.15, 0.2) is 6.07 Å². The van der Waals surface area contributed by atoms with Crippen molar-refractivity contribution in [1.29, 1.82) is 5.41 Å². The first-order chi connectivity index (χ1) is 12.5. The molecule has 10 heteroatoms. The van der Waals surface area contributed by atoms with Crippen molar-refractivity contribution < 1.29 is 23.9 Å². The fourth-order valence-electron chi connectivity index (χ4n) is 2.42. The van der Waals surface area contributed by atoms with Gasteiger partial charge in [0.1, 0.15) is 5.02 Å². The zero-order valence-corrected chi connectivity index (χ0v) is 16.6. The van der Waals surface area contributed by atoms with E-state index >= 15 is 0 Å². The third-order valence-electron chi connectivity index (χ3n) is 3.54. The summed E-state index contributed by atoms with van der Waals surface area (Å²) in [4.78, 5) is 38.0. The first kappa shape index (κ1) is 22.2. The molecule has 0 saturated carbocycles. The number of halogens is 1. The summed E-state index contributed by atoms with van der Waals surface area (Å²) >= 11 is 6.39. The molecule has 0 aliphatic rings. The standard InChI is InChI=1S/C17H23ClN4O5/c1-6-21(7-2)17(25)22(16(19)20)14-9(3)8-12(26-10(4)23)15(13(14)18)27-11(5)24/h8H,6-7H2,1-5H3,(H3,19,20).